The number of carbonyl (C=O) groups excluding carboxylic acids is 6. The van der Waals surface area contributed by atoms with Crippen molar-refractivity contribution in [2.45, 2.75) is 77.3 Å². The number of esters is 5. The molecule has 1 heterocycles. The molecular formula is C23H33NO13. The van der Waals surface area contributed by atoms with Crippen LogP contribution >= 0.6 is 0 Å². The molecule has 37 heavy (non-hydrogen) atoms. The molecule has 0 aromatic rings. The summed E-state index contributed by atoms with van der Waals surface area (Å²) < 4.78 is 37.6. The molecule has 0 aromatic heterocycles. The maximum atomic E-state index is 12.9. The van der Waals surface area contributed by atoms with E-state index in [0.29, 0.717) is 0 Å². The highest BCUT2D eigenvalue weighted by molar-refractivity contribution is 5.79. The van der Waals surface area contributed by atoms with Gasteiger partial charge in [0.05, 0.1) is 26.2 Å². The fraction of sp³-hybridized carbons (Fsp3) is 0.652. The van der Waals surface area contributed by atoms with Gasteiger partial charge in [-0.1, -0.05) is 6.08 Å². The topological polar surface area (TPSA) is 179 Å². The van der Waals surface area contributed by atoms with E-state index < -0.39 is 85.0 Å². The molecule has 1 aliphatic heterocycles. The second-order valence-corrected chi connectivity index (χ2v) is 8.03. The molecule has 0 bridgehead atoms. The number of nitrogens with one attached hydrogen (secondary N) is 1. The summed E-state index contributed by atoms with van der Waals surface area (Å²) in [5.41, 5.74) is 0. The molecule has 1 amide bonds. The van der Waals surface area contributed by atoms with Gasteiger partial charge in [-0.3, -0.25) is 24.0 Å². The Kier molecular flexibility index (Phi) is 12.2. The molecule has 0 radical (unpaired) electrons. The van der Waals surface area contributed by atoms with Crippen molar-refractivity contribution in [1.82, 2.24) is 5.32 Å². The molecule has 0 spiro atoms. The molecule has 0 aromatic carbocycles. The Hall–Kier alpha value is -3.52. The van der Waals surface area contributed by atoms with Crippen molar-refractivity contribution >= 4 is 35.8 Å². The summed E-state index contributed by atoms with van der Waals surface area (Å²) in [5.74, 6) is -7.09. The first-order valence-corrected chi connectivity index (χ1v) is 11.2. The van der Waals surface area contributed by atoms with E-state index in [0.717, 1.165) is 34.8 Å². The van der Waals surface area contributed by atoms with Gasteiger partial charge in [-0.2, -0.15) is 0 Å². The number of rotatable bonds is 12. The van der Waals surface area contributed by atoms with E-state index >= 15 is 0 Å². The first kappa shape index (κ1) is 31.5. The Bertz CT molecular complexity index is 888. The summed E-state index contributed by atoms with van der Waals surface area (Å²) in [5, 5.41) is 2.56. The summed E-state index contributed by atoms with van der Waals surface area (Å²) in [6.45, 7) is 8.20. The lowest BCUT2D eigenvalue weighted by atomic mass is 9.88. The fourth-order valence-corrected chi connectivity index (χ4v) is 3.74. The van der Waals surface area contributed by atoms with Gasteiger partial charge in [0, 0.05) is 34.6 Å². The molecule has 0 saturated carbocycles. The summed E-state index contributed by atoms with van der Waals surface area (Å²) in [7, 11) is 1.06. The van der Waals surface area contributed by atoms with Crippen LogP contribution in [-0.4, -0.2) is 92.3 Å². The number of amides is 1. The van der Waals surface area contributed by atoms with Crippen molar-refractivity contribution in [3.05, 3.63) is 12.7 Å². The highest BCUT2D eigenvalue weighted by Gasteiger charge is 2.59. The van der Waals surface area contributed by atoms with Gasteiger partial charge in [0.1, 0.15) is 18.8 Å². The van der Waals surface area contributed by atoms with E-state index in [1.165, 1.54) is 13.0 Å². The van der Waals surface area contributed by atoms with Crippen molar-refractivity contribution in [2.24, 2.45) is 0 Å². The molecule has 0 aliphatic carbocycles. The monoisotopic (exact) mass is 531 g/mol. The molecule has 6 atom stereocenters. The third-order valence-corrected chi connectivity index (χ3v) is 4.93. The van der Waals surface area contributed by atoms with Crippen LogP contribution in [0.3, 0.4) is 0 Å². The minimum atomic E-state index is -2.23. The van der Waals surface area contributed by atoms with Gasteiger partial charge in [-0.05, 0) is 0 Å². The number of hydrogen-bond acceptors (Lipinski definition) is 13. The highest BCUT2D eigenvalue weighted by Crippen LogP contribution is 2.37. The fourth-order valence-electron chi connectivity index (χ4n) is 3.74. The van der Waals surface area contributed by atoms with E-state index in [9.17, 15) is 28.8 Å². The van der Waals surface area contributed by atoms with Gasteiger partial charge in [0.25, 0.3) is 5.79 Å². The lowest BCUT2D eigenvalue weighted by Crippen LogP contribution is -2.69. The molecule has 1 aliphatic rings. The van der Waals surface area contributed by atoms with Crippen molar-refractivity contribution in [3.8, 4) is 0 Å². The van der Waals surface area contributed by atoms with Gasteiger partial charge in [0.15, 0.2) is 12.2 Å². The van der Waals surface area contributed by atoms with Gasteiger partial charge in [-0.25, -0.2) is 4.79 Å². The Labute approximate surface area is 213 Å². The molecule has 14 nitrogen and oxygen atoms in total. The average Bonchev–Trinajstić information content (AvgIpc) is 2.78. The second kappa shape index (κ2) is 14.3. The smallest absolute Gasteiger partial charge is 0.366 e. The van der Waals surface area contributed by atoms with E-state index in [1.807, 2.05) is 0 Å². The molecule has 208 valence electrons. The maximum Gasteiger partial charge on any atom is 0.366 e. The van der Waals surface area contributed by atoms with Crippen molar-refractivity contribution in [3.63, 3.8) is 0 Å². The van der Waals surface area contributed by atoms with Crippen LogP contribution in [0.2, 0.25) is 0 Å². The molecule has 1 rings (SSSR count). The maximum absolute atomic E-state index is 12.9. The first-order valence-electron chi connectivity index (χ1n) is 11.2. The first-order chi connectivity index (χ1) is 17.3. The normalized spacial score (nSPS) is 24.4. The number of methoxy groups -OCH3 is 1. The predicted molar refractivity (Wildman–Crippen MR) is 121 cm³/mol. The van der Waals surface area contributed by atoms with E-state index in [-0.39, 0.29) is 6.61 Å². The van der Waals surface area contributed by atoms with Crippen molar-refractivity contribution in [1.29, 1.82) is 0 Å². The van der Waals surface area contributed by atoms with Crippen LogP contribution in [-0.2, 0) is 61.9 Å². The van der Waals surface area contributed by atoms with Crippen LogP contribution in [0.25, 0.3) is 0 Å². The van der Waals surface area contributed by atoms with Gasteiger partial charge in [-0.15, -0.1) is 6.58 Å². The Balaban J connectivity index is 3.79. The summed E-state index contributed by atoms with van der Waals surface area (Å²) in [4.78, 5) is 72.4. The van der Waals surface area contributed by atoms with Crippen LogP contribution in [0.1, 0.15) is 41.0 Å². The predicted octanol–water partition coefficient (Wildman–Crippen LogP) is -0.290. The van der Waals surface area contributed by atoms with Crippen LogP contribution < -0.4 is 5.32 Å². The zero-order chi connectivity index (χ0) is 28.3. The quantitative estimate of drug-likeness (QED) is 0.197. The molecule has 0 unspecified atom stereocenters. The molecule has 1 fully saturated rings. The van der Waals surface area contributed by atoms with Crippen LogP contribution in [0.5, 0.6) is 0 Å². The summed E-state index contributed by atoms with van der Waals surface area (Å²) in [6.07, 6.45) is -5.05. The van der Waals surface area contributed by atoms with Crippen LogP contribution in [0, 0.1) is 0 Å². The lowest BCUT2D eigenvalue weighted by molar-refractivity contribution is -0.311. The molecule has 1 saturated heterocycles. The van der Waals surface area contributed by atoms with Crippen LogP contribution in [0.4, 0.5) is 0 Å². The summed E-state index contributed by atoms with van der Waals surface area (Å²) in [6, 6.07) is -1.26. The van der Waals surface area contributed by atoms with Crippen LogP contribution in [0.15, 0.2) is 12.7 Å². The van der Waals surface area contributed by atoms with Crippen molar-refractivity contribution < 1.29 is 61.9 Å². The molecular weight excluding hydrogens is 498 g/mol. The largest absolute Gasteiger partial charge is 0.465 e. The Morgan fingerprint density at radius 1 is 1.00 bits per heavy atom. The minimum absolute atomic E-state index is 0.224. The Morgan fingerprint density at radius 3 is 2.08 bits per heavy atom. The highest BCUT2D eigenvalue weighted by atomic mass is 16.7. The third kappa shape index (κ3) is 9.46. The Morgan fingerprint density at radius 2 is 1.62 bits per heavy atom. The van der Waals surface area contributed by atoms with E-state index in [4.69, 9.17) is 33.2 Å². The number of ether oxygens (including phenoxy) is 7. The van der Waals surface area contributed by atoms with Gasteiger partial charge in [0.2, 0.25) is 5.91 Å². The van der Waals surface area contributed by atoms with Gasteiger partial charge >= 0.3 is 29.8 Å². The molecule has 14 heteroatoms. The molecule has 1 N–H and O–H groups in total. The number of hydrogen-bond donors (Lipinski definition) is 1. The lowest BCUT2D eigenvalue weighted by Gasteiger charge is -2.48. The zero-order valence-electron chi connectivity index (χ0n) is 21.6. The third-order valence-electron chi connectivity index (χ3n) is 4.93. The standard InChI is InChI=1S/C23H33NO13/c1-8-9-33-23(22(30)31-7)10-17(34-14(4)27)19(24-12(2)25)21(37-23)20(36-16(6)29)18(35-15(5)28)11-32-13(3)26/h8,17-21H,1,9-11H2,2-7H3,(H,24,25)/t17-,18+,19+,20+,21+,23+/m0/s1. The number of carbonyl (C=O) groups is 6. The zero-order valence-corrected chi connectivity index (χ0v) is 21.6. The summed E-state index contributed by atoms with van der Waals surface area (Å²) >= 11 is 0. The van der Waals surface area contributed by atoms with E-state index in [2.05, 4.69) is 11.9 Å². The second-order valence-electron chi connectivity index (χ2n) is 8.03. The SMILES string of the molecule is C=CCO[C@]1(C(=O)OC)C[C@H](OC(C)=O)[C@@H](NC(C)=O)[C@H]([C@H](OC(C)=O)[C@@H](COC(C)=O)OC(C)=O)O1. The van der Waals surface area contributed by atoms with Gasteiger partial charge < -0.3 is 38.5 Å². The van der Waals surface area contributed by atoms with E-state index in [1.54, 1.807) is 0 Å². The van der Waals surface area contributed by atoms with Crippen molar-refractivity contribution in [2.75, 3.05) is 20.3 Å². The average molecular weight is 532 g/mol. The minimum Gasteiger partial charge on any atom is -0.465 e.